The molecule has 0 aliphatic heterocycles. The van der Waals surface area contributed by atoms with Gasteiger partial charge in [-0.25, -0.2) is 14.6 Å². The van der Waals surface area contributed by atoms with Crippen LogP contribution in [0.2, 0.25) is 0 Å². The van der Waals surface area contributed by atoms with Gasteiger partial charge in [0.15, 0.2) is 6.61 Å². The molecular weight excluding hydrogens is 164 g/mol. The Morgan fingerprint density at radius 1 is 1.67 bits per heavy atom. The van der Waals surface area contributed by atoms with Crippen LogP contribution < -0.4 is 0 Å². The summed E-state index contributed by atoms with van der Waals surface area (Å²) in [6, 6.07) is 0. The molecule has 0 fully saturated rings. The summed E-state index contributed by atoms with van der Waals surface area (Å²) in [5.74, 6) is -1.98. The Bertz CT molecular complexity index is 280. The molecule has 6 heteroatoms. The van der Waals surface area contributed by atoms with Crippen molar-refractivity contribution in [2.45, 2.75) is 0 Å². The number of carbonyl (C=O) groups is 2. The molecule has 0 radical (unpaired) electrons. The first-order chi connectivity index (χ1) is 5.70. The van der Waals surface area contributed by atoms with Crippen molar-refractivity contribution < 1.29 is 19.4 Å². The van der Waals surface area contributed by atoms with Crippen LogP contribution in [0, 0.1) is 0 Å². The van der Waals surface area contributed by atoms with Crippen molar-refractivity contribution in [2.24, 2.45) is 0 Å². The number of aromatic nitrogens is 2. The number of ether oxygens (including phenoxy) is 1. The highest BCUT2D eigenvalue weighted by molar-refractivity contribution is 5.86. The van der Waals surface area contributed by atoms with Crippen LogP contribution in [-0.4, -0.2) is 33.6 Å². The first-order valence-electron chi connectivity index (χ1n) is 3.08. The van der Waals surface area contributed by atoms with Gasteiger partial charge in [0.25, 0.3) is 0 Å². The SMILES string of the molecule is O=C(O)COC(=O)c1ncc[nH]1. The van der Waals surface area contributed by atoms with E-state index in [4.69, 9.17) is 5.11 Å². The van der Waals surface area contributed by atoms with Crippen molar-refractivity contribution in [3.8, 4) is 0 Å². The number of carbonyl (C=O) groups excluding carboxylic acids is 1. The molecule has 0 spiro atoms. The zero-order chi connectivity index (χ0) is 8.97. The Labute approximate surface area is 67.2 Å². The zero-order valence-corrected chi connectivity index (χ0v) is 5.98. The number of rotatable bonds is 3. The van der Waals surface area contributed by atoms with Crippen LogP contribution in [0.25, 0.3) is 0 Å². The van der Waals surface area contributed by atoms with Gasteiger partial charge in [-0.3, -0.25) is 0 Å². The highest BCUT2D eigenvalue weighted by atomic mass is 16.5. The van der Waals surface area contributed by atoms with Crippen LogP contribution >= 0.6 is 0 Å². The van der Waals surface area contributed by atoms with Crippen molar-refractivity contribution in [1.82, 2.24) is 9.97 Å². The number of aromatic amines is 1. The molecule has 0 aliphatic carbocycles. The Morgan fingerprint density at radius 3 is 2.92 bits per heavy atom. The molecule has 0 unspecified atom stereocenters. The second kappa shape index (κ2) is 3.51. The minimum Gasteiger partial charge on any atom is -0.479 e. The van der Waals surface area contributed by atoms with Crippen molar-refractivity contribution >= 4 is 11.9 Å². The third kappa shape index (κ3) is 2.08. The third-order valence-corrected chi connectivity index (χ3v) is 1.02. The van der Waals surface area contributed by atoms with Gasteiger partial charge in [-0.05, 0) is 0 Å². The maximum absolute atomic E-state index is 10.8. The third-order valence-electron chi connectivity index (χ3n) is 1.02. The summed E-state index contributed by atoms with van der Waals surface area (Å²) in [5, 5.41) is 8.15. The number of H-pyrrole nitrogens is 1. The number of nitrogens with zero attached hydrogens (tertiary/aromatic N) is 1. The lowest BCUT2D eigenvalue weighted by Gasteiger charge is -1.96. The van der Waals surface area contributed by atoms with E-state index in [-0.39, 0.29) is 5.82 Å². The van der Waals surface area contributed by atoms with E-state index in [0.29, 0.717) is 0 Å². The van der Waals surface area contributed by atoms with E-state index in [2.05, 4.69) is 14.7 Å². The minimum absolute atomic E-state index is 0.00347. The van der Waals surface area contributed by atoms with Gasteiger partial charge in [-0.15, -0.1) is 0 Å². The maximum atomic E-state index is 10.8. The van der Waals surface area contributed by atoms with E-state index in [1.807, 2.05) is 0 Å². The summed E-state index contributed by atoms with van der Waals surface area (Å²) in [7, 11) is 0. The van der Waals surface area contributed by atoms with Gasteiger partial charge in [0.2, 0.25) is 5.82 Å². The first kappa shape index (κ1) is 8.25. The standard InChI is InChI=1S/C6H6N2O4/c9-4(10)3-12-6(11)5-7-1-2-8-5/h1-2H,3H2,(H,7,8)(H,9,10). The van der Waals surface area contributed by atoms with Gasteiger partial charge in [0.05, 0.1) is 0 Å². The molecule has 0 aliphatic rings. The van der Waals surface area contributed by atoms with E-state index in [1.54, 1.807) is 0 Å². The van der Waals surface area contributed by atoms with Gasteiger partial charge >= 0.3 is 11.9 Å². The lowest BCUT2D eigenvalue weighted by atomic mass is 10.6. The van der Waals surface area contributed by atoms with E-state index in [1.165, 1.54) is 12.4 Å². The molecule has 64 valence electrons. The molecule has 0 atom stereocenters. The predicted molar refractivity (Wildman–Crippen MR) is 36.5 cm³/mol. The molecular formula is C6H6N2O4. The molecule has 0 aromatic carbocycles. The normalized spacial score (nSPS) is 9.33. The van der Waals surface area contributed by atoms with Gasteiger partial charge < -0.3 is 14.8 Å². The average Bonchev–Trinajstić information content (AvgIpc) is 2.51. The summed E-state index contributed by atoms with van der Waals surface area (Å²) in [6.45, 7) is -0.653. The van der Waals surface area contributed by atoms with E-state index in [0.717, 1.165) is 0 Å². The van der Waals surface area contributed by atoms with Crippen molar-refractivity contribution in [3.05, 3.63) is 18.2 Å². The number of nitrogens with one attached hydrogen (secondary N) is 1. The number of carboxylic acids is 1. The van der Waals surface area contributed by atoms with Gasteiger partial charge in [-0.1, -0.05) is 0 Å². The zero-order valence-electron chi connectivity index (χ0n) is 5.98. The second-order valence-corrected chi connectivity index (χ2v) is 1.91. The van der Waals surface area contributed by atoms with Crippen molar-refractivity contribution in [2.75, 3.05) is 6.61 Å². The summed E-state index contributed by atoms with van der Waals surface area (Å²) in [5.41, 5.74) is 0. The van der Waals surface area contributed by atoms with Crippen molar-refractivity contribution in [3.63, 3.8) is 0 Å². The molecule has 1 aromatic heterocycles. The lowest BCUT2D eigenvalue weighted by molar-refractivity contribution is -0.140. The van der Waals surface area contributed by atoms with Gasteiger partial charge in [-0.2, -0.15) is 0 Å². The van der Waals surface area contributed by atoms with E-state index < -0.39 is 18.5 Å². The Balaban J connectivity index is 2.45. The number of aliphatic carboxylic acids is 1. The topological polar surface area (TPSA) is 92.3 Å². The smallest absolute Gasteiger partial charge is 0.374 e. The minimum atomic E-state index is -1.20. The summed E-state index contributed by atoms with van der Waals surface area (Å²) in [4.78, 5) is 26.8. The number of hydrogen-bond acceptors (Lipinski definition) is 4. The maximum Gasteiger partial charge on any atom is 0.374 e. The number of esters is 1. The first-order valence-corrected chi connectivity index (χ1v) is 3.08. The summed E-state index contributed by atoms with van der Waals surface area (Å²) in [6.07, 6.45) is 2.81. The quantitative estimate of drug-likeness (QED) is 0.605. The van der Waals surface area contributed by atoms with Crippen LogP contribution in [-0.2, 0) is 9.53 Å². The Morgan fingerprint density at radius 2 is 2.42 bits per heavy atom. The molecule has 1 rings (SSSR count). The van der Waals surface area contributed by atoms with Crippen LogP contribution in [0.3, 0.4) is 0 Å². The van der Waals surface area contributed by atoms with E-state index in [9.17, 15) is 9.59 Å². The van der Waals surface area contributed by atoms with Gasteiger partial charge in [0, 0.05) is 12.4 Å². The largest absolute Gasteiger partial charge is 0.479 e. The molecule has 12 heavy (non-hydrogen) atoms. The van der Waals surface area contributed by atoms with Gasteiger partial charge in [0.1, 0.15) is 0 Å². The van der Waals surface area contributed by atoms with Crippen LogP contribution in [0.15, 0.2) is 12.4 Å². The highest BCUT2D eigenvalue weighted by Crippen LogP contribution is 1.91. The van der Waals surface area contributed by atoms with Crippen LogP contribution in [0.5, 0.6) is 0 Å². The summed E-state index contributed by atoms with van der Waals surface area (Å²) >= 11 is 0. The van der Waals surface area contributed by atoms with Crippen LogP contribution in [0.4, 0.5) is 0 Å². The Hall–Kier alpha value is -1.85. The molecule has 2 N–H and O–H groups in total. The summed E-state index contributed by atoms with van der Waals surface area (Å²) < 4.78 is 4.32. The molecule has 1 aromatic rings. The predicted octanol–water partition coefficient (Wildman–Crippen LogP) is -0.349. The second-order valence-electron chi connectivity index (χ2n) is 1.91. The number of imidazole rings is 1. The monoisotopic (exact) mass is 170 g/mol. The number of hydrogen-bond donors (Lipinski definition) is 2. The Kier molecular flexibility index (Phi) is 2.42. The molecule has 0 saturated carbocycles. The fourth-order valence-electron chi connectivity index (χ4n) is 0.573. The van der Waals surface area contributed by atoms with Crippen molar-refractivity contribution in [1.29, 1.82) is 0 Å². The average molecular weight is 170 g/mol. The molecule has 1 heterocycles. The lowest BCUT2D eigenvalue weighted by Crippen LogP contribution is -2.14. The van der Waals surface area contributed by atoms with Crippen LogP contribution in [0.1, 0.15) is 10.6 Å². The number of carboxylic acid groups (broad SMARTS) is 1. The van der Waals surface area contributed by atoms with E-state index >= 15 is 0 Å². The molecule has 6 nitrogen and oxygen atoms in total. The molecule has 0 bridgehead atoms. The molecule has 0 amide bonds. The molecule has 0 saturated heterocycles. The highest BCUT2D eigenvalue weighted by Gasteiger charge is 2.10. The fraction of sp³-hybridized carbons (Fsp3) is 0.167. The fourth-order valence-corrected chi connectivity index (χ4v) is 0.573.